The van der Waals surface area contributed by atoms with Crippen molar-refractivity contribution in [2.24, 2.45) is 0 Å². The van der Waals surface area contributed by atoms with Gasteiger partial charge >= 0.3 is 0 Å². The van der Waals surface area contributed by atoms with Gasteiger partial charge in [0.05, 0.1) is 29.0 Å². The highest BCUT2D eigenvalue weighted by molar-refractivity contribution is 7.12. The highest BCUT2D eigenvalue weighted by Gasteiger charge is 2.25. The van der Waals surface area contributed by atoms with Crippen molar-refractivity contribution in [3.8, 4) is 0 Å². The van der Waals surface area contributed by atoms with Crippen LogP contribution in [0.1, 0.15) is 20.9 Å². The maximum Gasteiger partial charge on any atom is 0.270 e. The Morgan fingerprint density at radius 3 is 2.60 bits per heavy atom. The van der Waals surface area contributed by atoms with Gasteiger partial charge in [0.15, 0.2) is 11.6 Å². The predicted molar refractivity (Wildman–Crippen MR) is 108 cm³/mol. The minimum absolute atomic E-state index is 0.00804. The molecule has 0 unspecified atom stereocenters. The smallest absolute Gasteiger partial charge is 0.270 e. The lowest BCUT2D eigenvalue weighted by Crippen LogP contribution is -2.31. The lowest BCUT2D eigenvalue weighted by Gasteiger charge is -2.24. The first kappa shape index (κ1) is 19.8. The molecule has 30 heavy (non-hydrogen) atoms. The number of rotatable bonds is 4. The quantitative estimate of drug-likeness (QED) is 0.517. The van der Waals surface area contributed by atoms with Gasteiger partial charge in [0.1, 0.15) is 10.7 Å². The second-order valence-corrected chi connectivity index (χ2v) is 7.41. The van der Waals surface area contributed by atoms with Crippen molar-refractivity contribution in [2.45, 2.75) is 13.5 Å². The zero-order chi connectivity index (χ0) is 21.4. The molecule has 0 atom stereocenters. The number of benzene rings is 2. The van der Waals surface area contributed by atoms with Crippen LogP contribution in [0.5, 0.6) is 0 Å². The summed E-state index contributed by atoms with van der Waals surface area (Å²) in [6.45, 7) is 1.42. The minimum Gasteiger partial charge on any atom is -0.319 e. The molecule has 0 aliphatic rings. The number of aromatic nitrogens is 2. The number of aromatic amines is 1. The van der Waals surface area contributed by atoms with E-state index in [0.717, 1.165) is 22.3 Å². The zero-order valence-electron chi connectivity index (χ0n) is 15.6. The highest BCUT2D eigenvalue weighted by Crippen LogP contribution is 2.28. The molecule has 9 heteroatoms. The molecule has 2 heterocycles. The van der Waals surface area contributed by atoms with Gasteiger partial charge in [-0.05, 0) is 36.8 Å². The predicted octanol–water partition coefficient (Wildman–Crippen LogP) is 4.56. The molecule has 0 bridgehead atoms. The molecular weight excluding hydrogens is 415 g/mol. The van der Waals surface area contributed by atoms with Gasteiger partial charge < -0.3 is 9.88 Å². The van der Waals surface area contributed by atoms with Crippen molar-refractivity contribution in [3.63, 3.8) is 0 Å². The van der Waals surface area contributed by atoms with E-state index in [4.69, 9.17) is 0 Å². The molecule has 0 fully saturated rings. The molecule has 2 aromatic heterocycles. The van der Waals surface area contributed by atoms with E-state index in [0.29, 0.717) is 10.6 Å². The van der Waals surface area contributed by atoms with Crippen LogP contribution >= 0.6 is 11.3 Å². The molecule has 0 aliphatic heterocycles. The summed E-state index contributed by atoms with van der Waals surface area (Å²) >= 11 is 1.11. The van der Waals surface area contributed by atoms with Gasteiger partial charge in [-0.1, -0.05) is 12.1 Å². The number of H-pyrrole nitrogens is 1. The molecule has 0 radical (unpaired) electrons. The fourth-order valence-electron chi connectivity index (χ4n) is 3.20. The molecule has 2 aromatic carbocycles. The van der Waals surface area contributed by atoms with Crippen LogP contribution in [0.4, 0.5) is 18.9 Å². The lowest BCUT2D eigenvalue weighted by atomic mass is 10.1. The van der Waals surface area contributed by atoms with E-state index < -0.39 is 28.9 Å². The van der Waals surface area contributed by atoms with E-state index in [9.17, 15) is 22.8 Å². The average Bonchev–Trinajstić information content (AvgIpc) is 3.15. The van der Waals surface area contributed by atoms with Gasteiger partial charge in [0.2, 0.25) is 5.56 Å². The second-order valence-electron chi connectivity index (χ2n) is 6.55. The van der Waals surface area contributed by atoms with Gasteiger partial charge in [0.25, 0.3) is 5.91 Å². The molecule has 4 rings (SSSR count). The second kappa shape index (κ2) is 7.75. The van der Waals surface area contributed by atoms with Crippen molar-refractivity contribution in [2.75, 3.05) is 4.90 Å². The number of carbonyl (C=O) groups is 1. The molecule has 152 valence electrons. The summed E-state index contributed by atoms with van der Waals surface area (Å²) in [4.78, 5) is 33.1. The van der Waals surface area contributed by atoms with E-state index in [-0.39, 0.29) is 28.7 Å². The van der Waals surface area contributed by atoms with Gasteiger partial charge in [-0.25, -0.2) is 18.2 Å². The Balaban J connectivity index is 1.89. The lowest BCUT2D eigenvalue weighted by molar-refractivity contribution is 0.0987. The minimum atomic E-state index is -1.20. The normalized spacial score (nSPS) is 11.1. The van der Waals surface area contributed by atoms with Crippen LogP contribution < -0.4 is 10.5 Å². The van der Waals surface area contributed by atoms with Crippen molar-refractivity contribution < 1.29 is 18.0 Å². The van der Waals surface area contributed by atoms with Crippen LogP contribution in [-0.2, 0) is 6.54 Å². The molecule has 0 aliphatic carbocycles. The van der Waals surface area contributed by atoms with Gasteiger partial charge in [-0.2, -0.15) is 0 Å². The average molecular weight is 429 g/mol. The van der Waals surface area contributed by atoms with Crippen molar-refractivity contribution in [1.29, 1.82) is 0 Å². The number of nitrogens with one attached hydrogen (secondary N) is 1. The van der Waals surface area contributed by atoms with Gasteiger partial charge in [0, 0.05) is 11.5 Å². The van der Waals surface area contributed by atoms with Crippen LogP contribution in [0.2, 0.25) is 0 Å². The van der Waals surface area contributed by atoms with Crippen LogP contribution in [-0.4, -0.2) is 15.9 Å². The van der Waals surface area contributed by atoms with Crippen molar-refractivity contribution in [1.82, 2.24) is 9.97 Å². The van der Waals surface area contributed by atoms with Crippen molar-refractivity contribution >= 4 is 33.8 Å². The third-order valence-electron chi connectivity index (χ3n) is 4.65. The van der Waals surface area contributed by atoms with Crippen LogP contribution in [0, 0.1) is 24.4 Å². The number of amides is 1. The largest absolute Gasteiger partial charge is 0.319 e. The molecular formula is C21H14F3N3O2S. The van der Waals surface area contributed by atoms with Crippen LogP contribution in [0.3, 0.4) is 0 Å². The molecule has 1 N–H and O–H groups in total. The molecule has 5 nitrogen and oxygen atoms in total. The molecule has 1 amide bonds. The first-order valence-corrected chi connectivity index (χ1v) is 9.71. The van der Waals surface area contributed by atoms with Gasteiger partial charge in [-0.15, -0.1) is 11.3 Å². The van der Waals surface area contributed by atoms with Crippen LogP contribution in [0.25, 0.3) is 10.9 Å². The van der Waals surface area contributed by atoms with E-state index in [1.165, 1.54) is 35.8 Å². The Hall–Kier alpha value is -3.46. The standard InChI is InChI=1S/C21H14F3N3O2S/c1-11-20(30-10-25-11)21(29)27(16-5-3-2-4-14(16)22)9-12-8-17(28)26-19-13(12)6-7-15(23)18(19)24/h2-8,10H,9H2,1H3,(H,26,28). The summed E-state index contributed by atoms with van der Waals surface area (Å²) in [5.74, 6) is -3.47. The number of carbonyl (C=O) groups excluding carboxylic acids is 1. The highest BCUT2D eigenvalue weighted by atomic mass is 32.1. The maximum atomic E-state index is 14.6. The monoisotopic (exact) mass is 429 g/mol. The van der Waals surface area contributed by atoms with E-state index >= 15 is 0 Å². The number of para-hydroxylation sites is 1. The SMILES string of the molecule is Cc1ncsc1C(=O)N(Cc1cc(=O)[nH]c2c(F)c(F)ccc12)c1ccccc1F. The number of nitrogens with zero attached hydrogens (tertiary/aromatic N) is 2. The number of halogens is 3. The van der Waals surface area contributed by atoms with E-state index in [1.807, 2.05) is 0 Å². The summed E-state index contributed by atoms with van der Waals surface area (Å²) < 4.78 is 42.4. The summed E-state index contributed by atoms with van der Waals surface area (Å²) in [7, 11) is 0. The number of thiazole rings is 1. The summed E-state index contributed by atoms with van der Waals surface area (Å²) in [6.07, 6.45) is 0. The Morgan fingerprint density at radius 1 is 1.13 bits per heavy atom. The third-order valence-corrected chi connectivity index (χ3v) is 5.57. The van der Waals surface area contributed by atoms with Gasteiger partial charge in [-0.3, -0.25) is 9.59 Å². The Kier molecular flexibility index (Phi) is 5.13. The number of anilines is 1. The molecule has 0 saturated carbocycles. The zero-order valence-corrected chi connectivity index (χ0v) is 16.4. The Bertz CT molecular complexity index is 1330. The third kappa shape index (κ3) is 3.48. The number of hydrogen-bond donors (Lipinski definition) is 1. The number of hydrogen-bond acceptors (Lipinski definition) is 4. The Labute approximate surface area is 172 Å². The first-order chi connectivity index (χ1) is 14.4. The molecule has 4 aromatic rings. The topological polar surface area (TPSA) is 66.1 Å². The maximum absolute atomic E-state index is 14.6. The summed E-state index contributed by atoms with van der Waals surface area (Å²) in [5.41, 5.74) is 1.24. The summed E-state index contributed by atoms with van der Waals surface area (Å²) in [6, 6.07) is 9.12. The Morgan fingerprint density at radius 2 is 1.90 bits per heavy atom. The van der Waals surface area contributed by atoms with Crippen molar-refractivity contribution in [3.05, 3.63) is 91.9 Å². The number of fused-ring (bicyclic) bond motifs is 1. The van der Waals surface area contributed by atoms with E-state index in [2.05, 4.69) is 9.97 Å². The molecule has 0 spiro atoms. The number of pyridine rings is 1. The summed E-state index contributed by atoms with van der Waals surface area (Å²) in [5, 5.41) is 0.212. The van der Waals surface area contributed by atoms with Crippen LogP contribution in [0.15, 0.2) is 52.8 Å². The molecule has 0 saturated heterocycles. The first-order valence-electron chi connectivity index (χ1n) is 8.83. The fraction of sp³-hybridized carbons (Fsp3) is 0.0952. The number of aryl methyl sites for hydroxylation is 1. The fourth-order valence-corrected chi connectivity index (χ4v) is 3.95. The van der Waals surface area contributed by atoms with E-state index in [1.54, 1.807) is 13.0 Å².